The van der Waals surface area contributed by atoms with Crippen molar-refractivity contribution in [1.29, 1.82) is 0 Å². The van der Waals surface area contributed by atoms with Gasteiger partial charge in [-0.25, -0.2) is 0 Å². The van der Waals surface area contributed by atoms with Gasteiger partial charge in [-0.3, -0.25) is 0 Å². The topological polar surface area (TPSA) is 119 Å². The van der Waals surface area contributed by atoms with Gasteiger partial charge in [0.05, 0.1) is 12.1 Å². The minimum absolute atomic E-state index is 0.271. The molecule has 6 nitrogen and oxygen atoms in total. The summed E-state index contributed by atoms with van der Waals surface area (Å²) in [6.45, 7) is 0. The molecule has 88 valence electrons. The van der Waals surface area contributed by atoms with Crippen molar-refractivity contribution in [3.63, 3.8) is 0 Å². The fourth-order valence-corrected chi connectivity index (χ4v) is 1.52. The zero-order valence-electron chi connectivity index (χ0n) is 8.32. The van der Waals surface area contributed by atoms with Gasteiger partial charge in [0.2, 0.25) is 0 Å². The molecular weight excluding hydrogens is 214 g/mol. The number of nitrogens with two attached hydrogens (primary N) is 1. The van der Waals surface area contributed by atoms with Crippen molar-refractivity contribution in [1.82, 2.24) is 0 Å². The number of aromatic hydroxyl groups is 2. The molecule has 6 N–H and O–H groups in total. The van der Waals surface area contributed by atoms with Gasteiger partial charge >= 0.3 is 0 Å². The largest absolute Gasteiger partial charge is 0.504 e. The minimum atomic E-state index is -1.08. The Bertz CT molecular complexity index is 397. The molecular formula is C10H13NO5. The van der Waals surface area contributed by atoms with E-state index in [2.05, 4.69) is 0 Å². The number of benzene rings is 1. The molecule has 0 aromatic heterocycles. The summed E-state index contributed by atoms with van der Waals surface area (Å²) < 4.78 is 4.73. The molecule has 1 fully saturated rings. The molecule has 1 aromatic carbocycles. The van der Waals surface area contributed by atoms with Gasteiger partial charge in [-0.1, -0.05) is 6.07 Å². The lowest BCUT2D eigenvalue weighted by molar-refractivity contribution is 0.129. The van der Waals surface area contributed by atoms with Crippen LogP contribution in [-0.4, -0.2) is 38.9 Å². The lowest BCUT2D eigenvalue weighted by atomic mass is 10.00. The Labute approximate surface area is 91.5 Å². The second-order valence-corrected chi connectivity index (χ2v) is 3.76. The average molecular weight is 227 g/mol. The molecule has 1 heterocycles. The Hall–Kier alpha value is -1.34. The Morgan fingerprint density at radius 2 is 1.88 bits per heavy atom. The number of phenols is 2. The molecule has 0 saturated carbocycles. The summed E-state index contributed by atoms with van der Waals surface area (Å²) in [6, 6.07) is 3.13. The maximum atomic E-state index is 9.82. The molecule has 1 aliphatic heterocycles. The SMILES string of the molecule is N[C@H](C1OC1O)[C@H](O)c1ccc(O)c(O)c1. The smallest absolute Gasteiger partial charge is 0.183 e. The summed E-state index contributed by atoms with van der Waals surface area (Å²) in [7, 11) is 0. The molecule has 1 saturated heterocycles. The number of phenolic OH excluding ortho intramolecular Hbond substituents is 2. The van der Waals surface area contributed by atoms with Gasteiger partial charge in [0.1, 0.15) is 6.10 Å². The molecule has 0 bridgehead atoms. The van der Waals surface area contributed by atoms with E-state index in [0.29, 0.717) is 5.56 Å². The maximum Gasteiger partial charge on any atom is 0.183 e. The zero-order valence-corrected chi connectivity index (χ0v) is 8.32. The van der Waals surface area contributed by atoms with Gasteiger partial charge in [0.15, 0.2) is 17.8 Å². The first kappa shape index (κ1) is 11.2. The van der Waals surface area contributed by atoms with Crippen LogP contribution in [0.15, 0.2) is 18.2 Å². The van der Waals surface area contributed by atoms with Crippen molar-refractivity contribution in [3.05, 3.63) is 23.8 Å². The highest BCUT2D eigenvalue weighted by molar-refractivity contribution is 5.41. The van der Waals surface area contributed by atoms with Gasteiger partial charge in [0, 0.05) is 0 Å². The highest BCUT2D eigenvalue weighted by Crippen LogP contribution is 2.32. The van der Waals surface area contributed by atoms with E-state index in [0.717, 1.165) is 0 Å². The molecule has 0 aliphatic carbocycles. The number of ether oxygens (including phenoxy) is 1. The number of hydrogen-bond acceptors (Lipinski definition) is 6. The van der Waals surface area contributed by atoms with Crippen LogP contribution in [-0.2, 0) is 4.74 Å². The van der Waals surface area contributed by atoms with E-state index in [1.165, 1.54) is 18.2 Å². The fraction of sp³-hybridized carbons (Fsp3) is 0.400. The molecule has 6 heteroatoms. The van der Waals surface area contributed by atoms with Gasteiger partial charge in [-0.2, -0.15) is 0 Å². The van der Waals surface area contributed by atoms with Gasteiger partial charge in [0.25, 0.3) is 0 Å². The van der Waals surface area contributed by atoms with Crippen LogP contribution in [0.4, 0.5) is 0 Å². The zero-order chi connectivity index (χ0) is 11.9. The first-order valence-corrected chi connectivity index (χ1v) is 4.80. The van der Waals surface area contributed by atoms with Crippen LogP contribution >= 0.6 is 0 Å². The Kier molecular flexibility index (Phi) is 2.73. The summed E-state index contributed by atoms with van der Waals surface area (Å²) in [5.41, 5.74) is 6.01. The highest BCUT2D eigenvalue weighted by Gasteiger charge is 2.45. The van der Waals surface area contributed by atoms with Crippen LogP contribution < -0.4 is 5.73 Å². The second-order valence-electron chi connectivity index (χ2n) is 3.76. The van der Waals surface area contributed by atoms with Crippen LogP contribution in [0.3, 0.4) is 0 Å². The van der Waals surface area contributed by atoms with Crippen LogP contribution in [0.25, 0.3) is 0 Å². The fourth-order valence-electron chi connectivity index (χ4n) is 1.52. The number of aliphatic hydroxyl groups excluding tert-OH is 2. The Balaban J connectivity index is 2.13. The molecule has 2 unspecified atom stereocenters. The number of epoxide rings is 1. The molecule has 1 aliphatic rings. The van der Waals surface area contributed by atoms with Crippen molar-refractivity contribution in [2.75, 3.05) is 0 Å². The molecule has 4 atom stereocenters. The summed E-state index contributed by atoms with van der Waals surface area (Å²) >= 11 is 0. The molecule has 0 radical (unpaired) electrons. The van der Waals surface area contributed by atoms with E-state index >= 15 is 0 Å². The monoisotopic (exact) mass is 227 g/mol. The third-order valence-electron chi connectivity index (χ3n) is 2.59. The van der Waals surface area contributed by atoms with E-state index in [1.807, 2.05) is 0 Å². The minimum Gasteiger partial charge on any atom is -0.504 e. The Morgan fingerprint density at radius 3 is 2.38 bits per heavy atom. The third-order valence-corrected chi connectivity index (χ3v) is 2.59. The van der Waals surface area contributed by atoms with Crippen LogP contribution in [0, 0.1) is 0 Å². The third kappa shape index (κ3) is 1.96. The predicted octanol–water partition coefficient (Wildman–Crippen LogP) is -0.824. The van der Waals surface area contributed by atoms with Gasteiger partial charge in [-0.05, 0) is 17.7 Å². The van der Waals surface area contributed by atoms with Crippen LogP contribution in [0.5, 0.6) is 11.5 Å². The van der Waals surface area contributed by atoms with Crippen molar-refractivity contribution in [3.8, 4) is 11.5 Å². The highest BCUT2D eigenvalue weighted by atomic mass is 16.7. The molecule has 16 heavy (non-hydrogen) atoms. The van der Waals surface area contributed by atoms with E-state index < -0.39 is 24.5 Å². The lowest BCUT2D eigenvalue weighted by Crippen LogP contribution is -2.34. The maximum absolute atomic E-state index is 9.82. The van der Waals surface area contributed by atoms with E-state index in [-0.39, 0.29) is 11.5 Å². The number of aliphatic hydroxyl groups is 2. The number of rotatable bonds is 3. The lowest BCUT2D eigenvalue weighted by Gasteiger charge is -2.17. The van der Waals surface area contributed by atoms with Crippen LogP contribution in [0.2, 0.25) is 0 Å². The van der Waals surface area contributed by atoms with Crippen molar-refractivity contribution < 1.29 is 25.2 Å². The predicted molar refractivity (Wildman–Crippen MR) is 53.6 cm³/mol. The first-order valence-electron chi connectivity index (χ1n) is 4.80. The van der Waals surface area contributed by atoms with E-state index in [4.69, 9.17) is 20.7 Å². The first-order chi connectivity index (χ1) is 7.50. The second kappa shape index (κ2) is 3.91. The summed E-state index contributed by atoms with van der Waals surface area (Å²) in [6.07, 6.45) is -2.60. The van der Waals surface area contributed by atoms with Crippen molar-refractivity contribution in [2.24, 2.45) is 5.73 Å². The normalized spacial score (nSPS) is 27.4. The quantitative estimate of drug-likeness (QED) is 0.340. The average Bonchev–Trinajstić information content (AvgIpc) is 2.97. The molecule has 0 spiro atoms. The van der Waals surface area contributed by atoms with Gasteiger partial charge in [-0.15, -0.1) is 0 Å². The van der Waals surface area contributed by atoms with E-state index in [9.17, 15) is 10.2 Å². The Morgan fingerprint density at radius 1 is 1.25 bits per heavy atom. The molecule has 0 amide bonds. The summed E-state index contributed by atoms with van der Waals surface area (Å²) in [4.78, 5) is 0. The summed E-state index contributed by atoms with van der Waals surface area (Å²) in [5, 5.41) is 37.2. The van der Waals surface area contributed by atoms with Crippen LogP contribution in [0.1, 0.15) is 11.7 Å². The molecule has 1 aromatic rings. The standard InChI is InChI=1S/C10H13NO5/c11-7(9-10(15)16-9)8(14)4-1-2-5(12)6(13)3-4/h1-3,7-10,12-15H,11H2/t7-,8+,9?,10?/m0/s1. The number of hydrogen-bond donors (Lipinski definition) is 5. The van der Waals surface area contributed by atoms with Gasteiger partial charge < -0.3 is 30.9 Å². The van der Waals surface area contributed by atoms with Crippen molar-refractivity contribution in [2.45, 2.75) is 24.5 Å². The summed E-state index contributed by atoms with van der Waals surface area (Å²) in [5.74, 6) is -0.603. The molecule has 2 rings (SSSR count). The van der Waals surface area contributed by atoms with E-state index in [1.54, 1.807) is 0 Å². The van der Waals surface area contributed by atoms with Crippen molar-refractivity contribution >= 4 is 0 Å².